The van der Waals surface area contributed by atoms with Gasteiger partial charge in [0.2, 0.25) is 5.88 Å². The topological polar surface area (TPSA) is 101 Å². The highest BCUT2D eigenvalue weighted by Crippen LogP contribution is 2.34. The summed E-state index contributed by atoms with van der Waals surface area (Å²) in [5.74, 6) is 0.529. The maximum Gasteiger partial charge on any atom is 0.263 e. The summed E-state index contributed by atoms with van der Waals surface area (Å²) in [5, 5.41) is 10.1. The lowest BCUT2D eigenvalue weighted by Gasteiger charge is -2.12. The number of methoxy groups -OCH3 is 1. The lowest BCUT2D eigenvalue weighted by atomic mass is 10.0. The summed E-state index contributed by atoms with van der Waals surface area (Å²) in [5.41, 5.74) is 2.66. The van der Waals surface area contributed by atoms with Crippen LogP contribution in [0.3, 0.4) is 0 Å². The van der Waals surface area contributed by atoms with Crippen molar-refractivity contribution >= 4 is 28.5 Å². The van der Waals surface area contributed by atoms with Crippen molar-refractivity contribution < 1.29 is 18.5 Å². The molecule has 0 aliphatic carbocycles. The summed E-state index contributed by atoms with van der Waals surface area (Å²) in [6.07, 6.45) is 2.91. The molecule has 1 heterocycles. The molecule has 158 valence electrons. The number of halogens is 1. The van der Waals surface area contributed by atoms with Crippen molar-refractivity contribution in [3.05, 3.63) is 70.4 Å². The van der Waals surface area contributed by atoms with Crippen molar-refractivity contribution in [2.75, 3.05) is 13.4 Å². The standard InChI is InChI=1S/C22H18ClN3O4S/c1-13-4-6-17(10-19(13)23)30-22-15(11-24)8-16(12-25-22)18-7-5-14(9-20(18)29-2)21(27)26-31(3)28/h4-10,12H,1-3H3,(H,26,27). The molecule has 0 fully saturated rings. The zero-order chi connectivity index (χ0) is 22.5. The van der Waals surface area contributed by atoms with Crippen LogP contribution in [0.1, 0.15) is 21.5 Å². The van der Waals surface area contributed by atoms with Gasteiger partial charge < -0.3 is 9.47 Å². The van der Waals surface area contributed by atoms with Crippen molar-refractivity contribution in [2.24, 2.45) is 0 Å². The third-order valence-corrected chi connectivity index (χ3v) is 5.22. The van der Waals surface area contributed by atoms with Crippen molar-refractivity contribution in [1.29, 1.82) is 5.26 Å². The number of ether oxygens (including phenoxy) is 2. The Balaban J connectivity index is 1.94. The van der Waals surface area contributed by atoms with E-state index in [1.807, 2.05) is 13.0 Å². The van der Waals surface area contributed by atoms with Gasteiger partial charge in [-0.2, -0.15) is 5.26 Å². The van der Waals surface area contributed by atoms with Crippen LogP contribution in [0.5, 0.6) is 17.4 Å². The summed E-state index contributed by atoms with van der Waals surface area (Å²) in [6, 6.07) is 13.7. The number of pyridine rings is 1. The average Bonchev–Trinajstić information content (AvgIpc) is 2.75. The third kappa shape index (κ3) is 5.20. The fourth-order valence-corrected chi connectivity index (χ4v) is 3.32. The molecule has 0 saturated heterocycles. The van der Waals surface area contributed by atoms with Crippen molar-refractivity contribution in [1.82, 2.24) is 9.71 Å². The molecule has 31 heavy (non-hydrogen) atoms. The molecule has 1 amide bonds. The SMILES string of the molecule is COc1cc(C(=O)NS(C)=O)ccc1-c1cnc(Oc2ccc(C)c(Cl)c2)c(C#N)c1. The second-order valence-corrected chi connectivity index (χ2v) is 8.02. The molecule has 2 aromatic carbocycles. The van der Waals surface area contributed by atoms with Crippen molar-refractivity contribution in [3.63, 3.8) is 0 Å². The molecule has 3 rings (SSSR count). The highest BCUT2D eigenvalue weighted by Gasteiger charge is 2.15. The smallest absolute Gasteiger partial charge is 0.263 e. The first-order valence-electron chi connectivity index (χ1n) is 8.99. The zero-order valence-corrected chi connectivity index (χ0v) is 18.5. The molecule has 0 aliphatic rings. The second kappa shape index (κ2) is 9.60. The highest BCUT2D eigenvalue weighted by molar-refractivity contribution is 7.82. The number of nitriles is 1. The molecule has 0 radical (unpaired) electrons. The minimum atomic E-state index is -1.48. The molecule has 0 spiro atoms. The molecule has 3 aromatic rings. The highest BCUT2D eigenvalue weighted by atomic mass is 35.5. The zero-order valence-electron chi connectivity index (χ0n) is 16.9. The predicted octanol–water partition coefficient (Wildman–Crippen LogP) is 4.41. The van der Waals surface area contributed by atoms with Gasteiger partial charge in [-0.15, -0.1) is 0 Å². The fourth-order valence-electron chi connectivity index (χ4n) is 2.77. The minimum absolute atomic E-state index is 0.145. The number of hydrogen-bond acceptors (Lipinski definition) is 6. The summed E-state index contributed by atoms with van der Waals surface area (Å²) in [7, 11) is -0.0136. The van der Waals surface area contributed by atoms with Crippen LogP contribution in [0.25, 0.3) is 11.1 Å². The first-order valence-corrected chi connectivity index (χ1v) is 10.9. The van der Waals surface area contributed by atoms with Crippen LogP contribution in [0.4, 0.5) is 0 Å². The molecule has 7 nitrogen and oxygen atoms in total. The van der Waals surface area contributed by atoms with Gasteiger partial charge in [0.15, 0.2) is 0 Å². The van der Waals surface area contributed by atoms with Gasteiger partial charge >= 0.3 is 0 Å². The number of nitrogens with zero attached hydrogens (tertiary/aromatic N) is 2. The van der Waals surface area contributed by atoms with Crippen LogP contribution in [-0.4, -0.2) is 28.5 Å². The number of amides is 1. The lowest BCUT2D eigenvalue weighted by molar-refractivity contribution is 0.0983. The Labute approximate surface area is 187 Å². The Morgan fingerprint density at radius 3 is 2.65 bits per heavy atom. The van der Waals surface area contributed by atoms with Crippen molar-refractivity contribution in [3.8, 4) is 34.6 Å². The first-order chi connectivity index (χ1) is 14.8. The van der Waals surface area contributed by atoms with Crippen LogP contribution in [0.2, 0.25) is 5.02 Å². The van der Waals surface area contributed by atoms with E-state index < -0.39 is 16.9 Å². The molecule has 9 heteroatoms. The number of carbonyl (C=O) groups excluding carboxylic acids is 1. The molecule has 0 saturated carbocycles. The minimum Gasteiger partial charge on any atom is -0.496 e. The number of nitrogens with one attached hydrogen (secondary N) is 1. The van der Waals surface area contributed by atoms with E-state index in [1.165, 1.54) is 19.4 Å². The quantitative estimate of drug-likeness (QED) is 0.590. The van der Waals surface area contributed by atoms with Crippen LogP contribution >= 0.6 is 11.6 Å². The maximum absolute atomic E-state index is 12.1. The average molecular weight is 456 g/mol. The number of aryl methyl sites for hydroxylation is 1. The van der Waals surface area contributed by atoms with Crippen LogP contribution in [0, 0.1) is 18.3 Å². The molecular formula is C22H18ClN3O4S. The Hall–Kier alpha value is -3.41. The molecule has 1 atom stereocenters. The third-order valence-electron chi connectivity index (χ3n) is 4.34. The molecule has 1 unspecified atom stereocenters. The van der Waals surface area contributed by atoms with E-state index in [0.29, 0.717) is 33.2 Å². The van der Waals surface area contributed by atoms with Gasteiger partial charge in [-0.1, -0.05) is 17.7 Å². The van der Waals surface area contributed by atoms with Gasteiger partial charge in [0.05, 0.1) is 7.11 Å². The van der Waals surface area contributed by atoms with Gasteiger partial charge in [-0.25, -0.2) is 9.19 Å². The predicted molar refractivity (Wildman–Crippen MR) is 119 cm³/mol. The van der Waals surface area contributed by atoms with E-state index >= 15 is 0 Å². The van der Waals surface area contributed by atoms with Gasteiger partial charge in [0, 0.05) is 34.2 Å². The second-order valence-electron chi connectivity index (χ2n) is 6.50. The molecule has 0 aliphatic heterocycles. The number of rotatable bonds is 6. The number of benzene rings is 2. The summed E-state index contributed by atoms with van der Waals surface area (Å²) < 4.78 is 24.7. The van der Waals surface area contributed by atoms with E-state index in [9.17, 15) is 14.3 Å². The van der Waals surface area contributed by atoms with E-state index in [-0.39, 0.29) is 11.4 Å². The Bertz CT molecular complexity index is 1220. The molecule has 1 N–H and O–H groups in total. The van der Waals surface area contributed by atoms with Gasteiger partial charge in [-0.05, 0) is 48.9 Å². The van der Waals surface area contributed by atoms with Gasteiger partial charge in [-0.3, -0.25) is 9.52 Å². The van der Waals surface area contributed by atoms with E-state index in [2.05, 4.69) is 15.8 Å². The normalized spacial score (nSPS) is 11.3. The van der Waals surface area contributed by atoms with Crippen LogP contribution in [-0.2, 0) is 11.0 Å². The van der Waals surface area contributed by atoms with Crippen LogP contribution < -0.4 is 14.2 Å². The van der Waals surface area contributed by atoms with Crippen LogP contribution in [0.15, 0.2) is 48.7 Å². The number of aromatic nitrogens is 1. The monoisotopic (exact) mass is 455 g/mol. The van der Waals surface area contributed by atoms with Crippen molar-refractivity contribution in [2.45, 2.75) is 6.92 Å². The number of hydrogen-bond donors (Lipinski definition) is 1. The van der Waals surface area contributed by atoms with E-state index in [0.717, 1.165) is 5.56 Å². The fraction of sp³-hybridized carbons (Fsp3) is 0.136. The molecule has 1 aromatic heterocycles. The number of carbonyl (C=O) groups is 1. The van der Waals surface area contributed by atoms with E-state index in [4.69, 9.17) is 21.1 Å². The summed E-state index contributed by atoms with van der Waals surface area (Å²) in [4.78, 5) is 16.4. The molecule has 0 bridgehead atoms. The maximum atomic E-state index is 12.1. The largest absolute Gasteiger partial charge is 0.496 e. The van der Waals surface area contributed by atoms with E-state index in [1.54, 1.807) is 36.5 Å². The lowest BCUT2D eigenvalue weighted by Crippen LogP contribution is -2.24. The summed E-state index contributed by atoms with van der Waals surface area (Å²) >= 11 is 6.13. The Morgan fingerprint density at radius 2 is 2.00 bits per heavy atom. The Kier molecular flexibility index (Phi) is 6.90. The first kappa shape index (κ1) is 22.3. The Morgan fingerprint density at radius 1 is 1.23 bits per heavy atom. The van der Waals surface area contributed by atoms with Gasteiger partial charge in [0.1, 0.15) is 34.1 Å². The molecular weight excluding hydrogens is 438 g/mol. The van der Waals surface area contributed by atoms with Gasteiger partial charge in [0.25, 0.3) is 5.91 Å². The summed E-state index contributed by atoms with van der Waals surface area (Å²) in [6.45, 7) is 1.88.